The predicted molar refractivity (Wildman–Crippen MR) is 74.3 cm³/mol. The van der Waals surface area contributed by atoms with Crippen LogP contribution in [0.5, 0.6) is 0 Å². The van der Waals surface area contributed by atoms with E-state index >= 15 is 0 Å². The fourth-order valence-electron chi connectivity index (χ4n) is 1.51. The lowest BCUT2D eigenvalue weighted by atomic mass is 10.1. The lowest BCUT2D eigenvalue weighted by Gasteiger charge is -2.07. The van der Waals surface area contributed by atoms with Crippen LogP contribution in [0, 0.1) is 5.92 Å². The molecule has 0 bridgehead atoms. The smallest absolute Gasteiger partial charge is 0.220 e. The molecular formula is C13H26N4O. The molecule has 0 atom stereocenters. The Labute approximate surface area is 110 Å². The summed E-state index contributed by atoms with van der Waals surface area (Å²) in [5, 5.41) is 6.03. The molecule has 0 aromatic carbocycles. The number of hydrogen-bond acceptors (Lipinski definition) is 2. The topological polar surface area (TPSA) is 79.5 Å². The molecule has 1 aliphatic carbocycles. The Morgan fingerprint density at radius 1 is 1.44 bits per heavy atom. The van der Waals surface area contributed by atoms with E-state index in [0.717, 1.165) is 32.2 Å². The highest BCUT2D eigenvalue weighted by molar-refractivity contribution is 5.78. The van der Waals surface area contributed by atoms with Crippen LogP contribution in [0.25, 0.3) is 0 Å². The maximum Gasteiger partial charge on any atom is 0.220 e. The number of guanidine groups is 1. The quantitative estimate of drug-likeness (QED) is 0.343. The van der Waals surface area contributed by atoms with Crippen molar-refractivity contribution in [2.75, 3.05) is 13.1 Å². The number of nitrogens with two attached hydrogens (primary N) is 1. The Kier molecular flexibility index (Phi) is 6.54. The molecule has 0 radical (unpaired) electrons. The molecule has 0 aliphatic heterocycles. The first kappa shape index (κ1) is 14.8. The predicted octanol–water partition coefficient (Wildman–Crippen LogP) is 0.996. The van der Waals surface area contributed by atoms with Crippen LogP contribution >= 0.6 is 0 Å². The average molecular weight is 254 g/mol. The second kappa shape index (κ2) is 7.95. The molecule has 0 unspecified atom stereocenters. The third-order valence-electron chi connectivity index (χ3n) is 2.81. The molecule has 1 fully saturated rings. The van der Waals surface area contributed by atoms with E-state index in [1.54, 1.807) is 0 Å². The third-order valence-corrected chi connectivity index (χ3v) is 2.81. The minimum Gasteiger partial charge on any atom is -0.370 e. The lowest BCUT2D eigenvalue weighted by Crippen LogP contribution is -2.33. The fraction of sp³-hybridized carbons (Fsp3) is 0.846. The maximum atomic E-state index is 11.4. The van der Waals surface area contributed by atoms with Crippen LogP contribution in [-0.4, -0.2) is 31.0 Å². The van der Waals surface area contributed by atoms with Gasteiger partial charge in [0, 0.05) is 25.6 Å². The highest BCUT2D eigenvalue weighted by atomic mass is 16.1. The number of carbonyl (C=O) groups excluding carboxylic acids is 1. The largest absolute Gasteiger partial charge is 0.370 e. The number of amides is 1. The molecule has 0 aromatic heterocycles. The number of nitrogens with one attached hydrogen (secondary N) is 2. The first-order valence-electron chi connectivity index (χ1n) is 6.91. The molecule has 0 spiro atoms. The van der Waals surface area contributed by atoms with Crippen LogP contribution in [0.1, 0.15) is 46.0 Å². The zero-order valence-corrected chi connectivity index (χ0v) is 11.5. The van der Waals surface area contributed by atoms with Gasteiger partial charge in [0.15, 0.2) is 5.96 Å². The Morgan fingerprint density at radius 3 is 2.78 bits per heavy atom. The van der Waals surface area contributed by atoms with Gasteiger partial charge >= 0.3 is 0 Å². The molecule has 1 aliphatic rings. The second-order valence-corrected chi connectivity index (χ2v) is 5.32. The van der Waals surface area contributed by atoms with Crippen LogP contribution in [0.2, 0.25) is 0 Å². The first-order valence-corrected chi connectivity index (χ1v) is 6.91. The molecule has 1 amide bonds. The Balaban J connectivity index is 1.98. The van der Waals surface area contributed by atoms with Gasteiger partial charge in [0.25, 0.3) is 0 Å². The van der Waals surface area contributed by atoms with Crippen LogP contribution in [0.15, 0.2) is 4.99 Å². The van der Waals surface area contributed by atoms with Gasteiger partial charge in [-0.3, -0.25) is 9.79 Å². The Hall–Kier alpha value is -1.26. The molecule has 0 aromatic rings. The molecule has 5 nitrogen and oxygen atoms in total. The van der Waals surface area contributed by atoms with Gasteiger partial charge in [0.05, 0.1) is 0 Å². The standard InChI is InChI=1S/C13H26N4O/c1-10(2)7-9-16-13(14)15-8-3-4-12(18)17-11-5-6-11/h10-11H,3-9H2,1-2H3,(H,17,18)(H3,14,15,16). The zero-order valence-electron chi connectivity index (χ0n) is 11.5. The van der Waals surface area contributed by atoms with Gasteiger partial charge < -0.3 is 16.4 Å². The van der Waals surface area contributed by atoms with Gasteiger partial charge in [-0.15, -0.1) is 0 Å². The van der Waals surface area contributed by atoms with Gasteiger partial charge in [-0.1, -0.05) is 13.8 Å². The van der Waals surface area contributed by atoms with Crippen molar-refractivity contribution in [1.82, 2.24) is 10.6 Å². The summed E-state index contributed by atoms with van der Waals surface area (Å²) in [6, 6.07) is 0.448. The maximum absolute atomic E-state index is 11.4. The normalized spacial score (nSPS) is 15.8. The van der Waals surface area contributed by atoms with Crippen molar-refractivity contribution in [3.05, 3.63) is 0 Å². The van der Waals surface area contributed by atoms with Crippen molar-refractivity contribution >= 4 is 11.9 Å². The van der Waals surface area contributed by atoms with Gasteiger partial charge in [-0.05, 0) is 31.6 Å². The van der Waals surface area contributed by atoms with E-state index in [-0.39, 0.29) is 5.91 Å². The van der Waals surface area contributed by atoms with E-state index in [1.807, 2.05) is 0 Å². The van der Waals surface area contributed by atoms with Crippen LogP contribution < -0.4 is 16.4 Å². The molecule has 0 heterocycles. The van der Waals surface area contributed by atoms with E-state index in [0.29, 0.717) is 30.9 Å². The van der Waals surface area contributed by atoms with E-state index < -0.39 is 0 Å². The number of hydrogen-bond donors (Lipinski definition) is 3. The number of carbonyl (C=O) groups is 1. The van der Waals surface area contributed by atoms with E-state index in [2.05, 4.69) is 29.5 Å². The number of aliphatic imine (C=N–C) groups is 1. The van der Waals surface area contributed by atoms with E-state index in [4.69, 9.17) is 5.73 Å². The summed E-state index contributed by atoms with van der Waals surface area (Å²) in [6.07, 6.45) is 4.65. The molecule has 1 rings (SSSR count). The summed E-state index contributed by atoms with van der Waals surface area (Å²) in [5.74, 6) is 1.29. The van der Waals surface area contributed by atoms with E-state index in [1.165, 1.54) is 0 Å². The van der Waals surface area contributed by atoms with Crippen molar-refractivity contribution in [3.8, 4) is 0 Å². The second-order valence-electron chi connectivity index (χ2n) is 5.32. The third kappa shape index (κ3) is 7.92. The number of nitrogens with zero attached hydrogens (tertiary/aromatic N) is 1. The van der Waals surface area contributed by atoms with Crippen molar-refractivity contribution in [2.24, 2.45) is 16.6 Å². The highest BCUT2D eigenvalue weighted by Gasteiger charge is 2.22. The summed E-state index contributed by atoms with van der Waals surface area (Å²) >= 11 is 0. The minimum atomic E-state index is 0.138. The molecule has 1 saturated carbocycles. The first-order chi connectivity index (χ1) is 8.58. The van der Waals surface area contributed by atoms with Crippen molar-refractivity contribution in [2.45, 2.75) is 52.0 Å². The van der Waals surface area contributed by atoms with Gasteiger partial charge in [0.1, 0.15) is 0 Å². The molecule has 18 heavy (non-hydrogen) atoms. The van der Waals surface area contributed by atoms with Gasteiger partial charge in [-0.2, -0.15) is 0 Å². The summed E-state index contributed by atoms with van der Waals surface area (Å²) in [5.41, 5.74) is 5.71. The van der Waals surface area contributed by atoms with Crippen LogP contribution in [0.3, 0.4) is 0 Å². The molecule has 5 heteroatoms. The summed E-state index contributed by atoms with van der Waals surface area (Å²) in [4.78, 5) is 15.6. The molecular weight excluding hydrogens is 228 g/mol. The fourth-order valence-corrected chi connectivity index (χ4v) is 1.51. The average Bonchev–Trinajstić information content (AvgIpc) is 3.08. The van der Waals surface area contributed by atoms with Crippen molar-refractivity contribution < 1.29 is 4.79 Å². The zero-order chi connectivity index (χ0) is 13.4. The molecule has 0 saturated heterocycles. The van der Waals surface area contributed by atoms with E-state index in [9.17, 15) is 4.79 Å². The minimum absolute atomic E-state index is 0.138. The Morgan fingerprint density at radius 2 is 2.17 bits per heavy atom. The van der Waals surface area contributed by atoms with Crippen LogP contribution in [0.4, 0.5) is 0 Å². The highest BCUT2D eigenvalue weighted by Crippen LogP contribution is 2.18. The molecule has 4 N–H and O–H groups in total. The van der Waals surface area contributed by atoms with Gasteiger partial charge in [-0.25, -0.2) is 0 Å². The molecule has 104 valence electrons. The summed E-state index contributed by atoms with van der Waals surface area (Å²) in [6.45, 7) is 5.81. The lowest BCUT2D eigenvalue weighted by molar-refractivity contribution is -0.121. The van der Waals surface area contributed by atoms with Crippen molar-refractivity contribution in [1.29, 1.82) is 0 Å². The van der Waals surface area contributed by atoms with Crippen LogP contribution in [-0.2, 0) is 4.79 Å². The monoisotopic (exact) mass is 254 g/mol. The Bertz CT molecular complexity index is 285. The SMILES string of the molecule is CC(C)CCNC(N)=NCCCC(=O)NC1CC1. The number of rotatable bonds is 8. The summed E-state index contributed by atoms with van der Waals surface area (Å²) < 4.78 is 0. The summed E-state index contributed by atoms with van der Waals surface area (Å²) in [7, 11) is 0. The van der Waals surface area contributed by atoms with Gasteiger partial charge in [0.2, 0.25) is 5.91 Å². The van der Waals surface area contributed by atoms with Crippen molar-refractivity contribution in [3.63, 3.8) is 0 Å².